The molecule has 6 heteroatoms. The molecular weight excluding hydrogens is 273 g/mol. The maximum absolute atomic E-state index is 12.8. The molecule has 1 aromatic carbocycles. The first-order valence-electron chi connectivity index (χ1n) is 5.48. The van der Waals surface area contributed by atoms with Crippen molar-refractivity contribution < 1.29 is 13.2 Å². The van der Waals surface area contributed by atoms with E-state index in [9.17, 15) is 13.2 Å². The van der Waals surface area contributed by atoms with Crippen molar-refractivity contribution in [2.75, 3.05) is 0 Å². The van der Waals surface area contributed by atoms with Crippen LogP contribution >= 0.6 is 12.2 Å². The molecule has 0 fully saturated rings. The molecule has 0 radical (unpaired) electrons. The summed E-state index contributed by atoms with van der Waals surface area (Å²) < 4.78 is 38.3. The Morgan fingerprint density at radius 1 is 1.21 bits per heavy atom. The van der Waals surface area contributed by atoms with Crippen LogP contribution in [-0.4, -0.2) is 11.2 Å². The van der Waals surface area contributed by atoms with Crippen LogP contribution in [0.5, 0.6) is 0 Å². The zero-order valence-corrected chi connectivity index (χ0v) is 10.4. The average Bonchev–Trinajstić information content (AvgIpc) is 2.37. The second-order valence-corrected chi connectivity index (χ2v) is 4.55. The number of alkyl halides is 3. The zero-order chi connectivity index (χ0) is 14.0. The molecule has 1 N–H and O–H groups in total. The molecule has 0 amide bonds. The van der Waals surface area contributed by atoms with Gasteiger partial charge in [0.2, 0.25) is 0 Å². The fraction of sp³-hybridized carbons (Fsp3) is 0.231. The summed E-state index contributed by atoms with van der Waals surface area (Å²) in [5.74, 6) is -1.47. The number of allylic oxidation sites excluding steroid dienone is 2. The predicted octanol–water partition coefficient (Wildman–Crippen LogP) is 3.29. The Morgan fingerprint density at radius 2 is 1.84 bits per heavy atom. The van der Waals surface area contributed by atoms with Gasteiger partial charge in [0.1, 0.15) is 11.6 Å². The molecule has 0 bridgehead atoms. The van der Waals surface area contributed by atoms with Crippen LogP contribution in [0.3, 0.4) is 0 Å². The lowest BCUT2D eigenvalue weighted by Crippen LogP contribution is -2.40. The van der Waals surface area contributed by atoms with E-state index < -0.39 is 23.7 Å². The molecule has 0 saturated carbocycles. The highest BCUT2D eigenvalue weighted by Crippen LogP contribution is 2.35. The highest BCUT2D eigenvalue weighted by atomic mass is 32.1. The maximum atomic E-state index is 12.8. The van der Waals surface area contributed by atoms with E-state index in [1.807, 2.05) is 6.07 Å². The van der Waals surface area contributed by atoms with Crippen molar-refractivity contribution in [2.24, 2.45) is 5.92 Å². The first-order valence-corrected chi connectivity index (χ1v) is 5.88. The number of benzene rings is 1. The van der Waals surface area contributed by atoms with Crippen molar-refractivity contribution in [3.63, 3.8) is 0 Å². The van der Waals surface area contributed by atoms with Crippen LogP contribution in [0.25, 0.3) is 0 Å². The molecule has 1 aliphatic rings. The van der Waals surface area contributed by atoms with Gasteiger partial charge in [0.15, 0.2) is 0 Å². The second-order valence-electron chi connectivity index (χ2n) is 4.11. The molecule has 0 aromatic heterocycles. The SMILES string of the molecule is N#C[C@H]1C(=S)NC(C(F)(F)F)=C[C@@H]1c1ccccc1. The number of thiocarbonyl (C=S) groups is 1. The van der Waals surface area contributed by atoms with Gasteiger partial charge < -0.3 is 5.32 Å². The van der Waals surface area contributed by atoms with E-state index in [0.29, 0.717) is 5.56 Å². The lowest BCUT2D eigenvalue weighted by molar-refractivity contribution is -0.0956. The van der Waals surface area contributed by atoms with Crippen molar-refractivity contribution >= 4 is 17.2 Å². The molecule has 1 aromatic rings. The minimum absolute atomic E-state index is 0.0915. The predicted molar refractivity (Wildman–Crippen MR) is 68.2 cm³/mol. The molecule has 1 aliphatic heterocycles. The van der Waals surface area contributed by atoms with E-state index in [1.165, 1.54) is 0 Å². The fourth-order valence-corrected chi connectivity index (χ4v) is 2.27. The Labute approximate surface area is 113 Å². The van der Waals surface area contributed by atoms with Crippen LogP contribution in [0.4, 0.5) is 13.2 Å². The summed E-state index contributed by atoms with van der Waals surface area (Å²) in [5.41, 5.74) is -0.266. The van der Waals surface area contributed by atoms with Crippen molar-refractivity contribution in [1.82, 2.24) is 5.32 Å². The summed E-state index contributed by atoms with van der Waals surface area (Å²) in [5, 5.41) is 11.2. The summed E-state index contributed by atoms with van der Waals surface area (Å²) in [6.07, 6.45) is -3.48. The quantitative estimate of drug-likeness (QED) is 0.803. The molecule has 19 heavy (non-hydrogen) atoms. The standard InChI is InChI=1S/C13H9F3N2S/c14-13(15,16)11-6-9(8-4-2-1-3-5-8)10(7-17)12(19)18-11/h1-6,9-10H,(H,18,19)/t9-,10-/m1/s1. The molecule has 2 nitrogen and oxygen atoms in total. The number of hydrogen-bond donors (Lipinski definition) is 1. The van der Waals surface area contributed by atoms with Gasteiger partial charge in [-0.15, -0.1) is 0 Å². The number of halogens is 3. The van der Waals surface area contributed by atoms with Crippen LogP contribution in [-0.2, 0) is 0 Å². The number of rotatable bonds is 1. The Balaban J connectivity index is 2.48. The Kier molecular flexibility index (Phi) is 3.58. The van der Waals surface area contributed by atoms with Gasteiger partial charge >= 0.3 is 6.18 Å². The van der Waals surface area contributed by atoms with E-state index in [0.717, 1.165) is 6.08 Å². The van der Waals surface area contributed by atoms with E-state index >= 15 is 0 Å². The highest BCUT2D eigenvalue weighted by molar-refractivity contribution is 7.80. The van der Waals surface area contributed by atoms with Gasteiger partial charge in [-0.3, -0.25) is 0 Å². The van der Waals surface area contributed by atoms with Crippen molar-refractivity contribution in [1.29, 1.82) is 5.26 Å². The van der Waals surface area contributed by atoms with Crippen LogP contribution in [0.2, 0.25) is 0 Å². The highest BCUT2D eigenvalue weighted by Gasteiger charge is 2.41. The Bertz CT molecular complexity index is 557. The molecule has 0 spiro atoms. The van der Waals surface area contributed by atoms with Gasteiger partial charge in [0, 0.05) is 5.92 Å². The van der Waals surface area contributed by atoms with Crippen LogP contribution in [0.15, 0.2) is 42.1 Å². The summed E-state index contributed by atoms with van der Waals surface area (Å²) in [7, 11) is 0. The van der Waals surface area contributed by atoms with Crippen LogP contribution < -0.4 is 5.32 Å². The third kappa shape index (κ3) is 2.76. The van der Waals surface area contributed by atoms with E-state index in [-0.39, 0.29) is 4.99 Å². The smallest absolute Gasteiger partial charge is 0.345 e. The average molecular weight is 282 g/mol. The Hall–Kier alpha value is -1.87. The van der Waals surface area contributed by atoms with Crippen LogP contribution in [0.1, 0.15) is 11.5 Å². The lowest BCUT2D eigenvalue weighted by Gasteiger charge is -2.29. The molecule has 1 heterocycles. The number of nitriles is 1. The van der Waals surface area contributed by atoms with Crippen molar-refractivity contribution in [2.45, 2.75) is 12.1 Å². The first-order chi connectivity index (χ1) is 8.93. The van der Waals surface area contributed by atoms with E-state index in [2.05, 4.69) is 5.32 Å². The molecule has 0 saturated heterocycles. The van der Waals surface area contributed by atoms with Crippen LogP contribution in [0, 0.1) is 17.2 Å². The summed E-state index contributed by atoms with van der Waals surface area (Å²) in [4.78, 5) is -0.0915. The zero-order valence-electron chi connectivity index (χ0n) is 9.61. The monoisotopic (exact) mass is 282 g/mol. The lowest BCUT2D eigenvalue weighted by atomic mass is 9.83. The number of nitrogens with zero attached hydrogens (tertiary/aromatic N) is 1. The van der Waals surface area contributed by atoms with Gasteiger partial charge in [0.05, 0.1) is 11.1 Å². The number of nitrogens with one attached hydrogen (secondary N) is 1. The Morgan fingerprint density at radius 3 is 2.37 bits per heavy atom. The normalized spacial score (nSPS) is 23.3. The number of hydrogen-bond acceptors (Lipinski definition) is 2. The van der Waals surface area contributed by atoms with Gasteiger partial charge in [0.25, 0.3) is 0 Å². The molecule has 0 unspecified atom stereocenters. The molecule has 0 aliphatic carbocycles. The minimum atomic E-state index is -4.50. The van der Waals surface area contributed by atoms with E-state index in [1.54, 1.807) is 30.3 Å². The van der Waals surface area contributed by atoms with E-state index in [4.69, 9.17) is 17.5 Å². The van der Waals surface area contributed by atoms with Gasteiger partial charge in [-0.2, -0.15) is 18.4 Å². The van der Waals surface area contributed by atoms with Gasteiger partial charge in [-0.25, -0.2) is 0 Å². The third-order valence-corrected chi connectivity index (χ3v) is 3.23. The molecule has 2 rings (SSSR count). The summed E-state index contributed by atoms with van der Waals surface area (Å²) >= 11 is 4.87. The summed E-state index contributed by atoms with van der Waals surface area (Å²) in [6.45, 7) is 0. The first kappa shape index (κ1) is 13.6. The minimum Gasteiger partial charge on any atom is -0.345 e. The maximum Gasteiger partial charge on any atom is 0.430 e. The molecular formula is C13H9F3N2S. The summed E-state index contributed by atoms with van der Waals surface area (Å²) in [6, 6.07) is 10.5. The van der Waals surface area contributed by atoms with Crippen molar-refractivity contribution in [3.8, 4) is 6.07 Å². The topological polar surface area (TPSA) is 35.8 Å². The molecule has 2 atom stereocenters. The fourth-order valence-electron chi connectivity index (χ4n) is 1.96. The van der Waals surface area contributed by atoms with Gasteiger partial charge in [-0.05, 0) is 11.6 Å². The van der Waals surface area contributed by atoms with Gasteiger partial charge in [-0.1, -0.05) is 42.5 Å². The third-order valence-electron chi connectivity index (χ3n) is 2.87. The largest absolute Gasteiger partial charge is 0.430 e. The van der Waals surface area contributed by atoms with Crippen molar-refractivity contribution in [3.05, 3.63) is 47.7 Å². The molecule has 98 valence electrons. The second kappa shape index (κ2) is 5.02.